The molecule has 8 heteroatoms. The average molecular weight is 473 g/mol. The molecule has 1 heterocycles. The Morgan fingerprint density at radius 2 is 2.10 bits per heavy atom. The summed E-state index contributed by atoms with van der Waals surface area (Å²) in [5, 5.41) is 4.78. The van der Waals surface area contributed by atoms with Gasteiger partial charge in [0.05, 0.1) is 24.4 Å². The van der Waals surface area contributed by atoms with Gasteiger partial charge in [0, 0.05) is 5.39 Å². The summed E-state index contributed by atoms with van der Waals surface area (Å²) in [5.74, 6) is 1.50. The van der Waals surface area contributed by atoms with E-state index < -0.39 is 5.91 Å². The lowest BCUT2D eigenvalue weighted by atomic mass is 10.2. The van der Waals surface area contributed by atoms with Crippen LogP contribution in [0, 0.1) is 0 Å². The summed E-state index contributed by atoms with van der Waals surface area (Å²) in [4.78, 5) is 12.4. The number of carbonyl (C=O) groups is 1. The Labute approximate surface area is 182 Å². The summed E-state index contributed by atoms with van der Waals surface area (Å²) in [5.41, 5.74) is 3.76. The minimum absolute atomic E-state index is 0.155. The highest BCUT2D eigenvalue weighted by Crippen LogP contribution is 2.36. The van der Waals surface area contributed by atoms with Gasteiger partial charge in [-0.25, -0.2) is 5.43 Å². The van der Waals surface area contributed by atoms with Gasteiger partial charge in [0.2, 0.25) is 0 Å². The number of fused-ring (bicyclic) bond motifs is 1. The zero-order chi connectivity index (χ0) is 21.5. The molecule has 156 valence electrons. The van der Waals surface area contributed by atoms with Gasteiger partial charge in [-0.05, 0) is 64.8 Å². The van der Waals surface area contributed by atoms with Crippen LogP contribution in [0.5, 0.6) is 17.2 Å². The maximum atomic E-state index is 12.4. The van der Waals surface area contributed by atoms with Crippen molar-refractivity contribution >= 4 is 39.0 Å². The lowest BCUT2D eigenvalue weighted by Crippen LogP contribution is -2.16. The number of amides is 1. The van der Waals surface area contributed by atoms with Crippen molar-refractivity contribution in [1.82, 2.24) is 5.43 Å². The van der Waals surface area contributed by atoms with Crippen molar-refractivity contribution in [3.05, 3.63) is 64.8 Å². The number of rotatable bonds is 9. The highest BCUT2D eigenvalue weighted by Gasteiger charge is 2.13. The number of hydrogen-bond acceptors (Lipinski definition) is 6. The Bertz CT molecular complexity index is 1090. The first-order valence-electron chi connectivity index (χ1n) is 9.16. The smallest absolute Gasteiger partial charge is 0.307 e. The summed E-state index contributed by atoms with van der Waals surface area (Å²) >= 11 is 3.45. The number of carbonyl (C=O) groups excluding carboxylic acids is 1. The molecule has 1 amide bonds. The zero-order valence-electron chi connectivity index (χ0n) is 16.6. The number of hydrazone groups is 1. The van der Waals surface area contributed by atoms with Gasteiger partial charge in [0.1, 0.15) is 17.9 Å². The van der Waals surface area contributed by atoms with Crippen molar-refractivity contribution in [2.75, 3.05) is 20.3 Å². The molecule has 0 aliphatic carbocycles. The Kier molecular flexibility index (Phi) is 7.13. The number of ether oxygens (including phenoxy) is 3. The number of furan rings is 1. The average Bonchev–Trinajstić information content (AvgIpc) is 3.16. The van der Waals surface area contributed by atoms with Gasteiger partial charge >= 0.3 is 5.91 Å². The van der Waals surface area contributed by atoms with Gasteiger partial charge in [-0.2, -0.15) is 5.10 Å². The van der Waals surface area contributed by atoms with Gasteiger partial charge in [0.25, 0.3) is 0 Å². The molecule has 2 aromatic carbocycles. The van der Waals surface area contributed by atoms with E-state index in [0.717, 1.165) is 11.1 Å². The fourth-order valence-corrected chi connectivity index (χ4v) is 3.28. The molecule has 1 N–H and O–H groups in total. The molecule has 30 heavy (non-hydrogen) atoms. The van der Waals surface area contributed by atoms with Crippen LogP contribution < -0.4 is 19.6 Å². The normalized spacial score (nSPS) is 10.9. The molecule has 0 atom stereocenters. The minimum Gasteiger partial charge on any atom is -0.494 e. The summed E-state index contributed by atoms with van der Waals surface area (Å²) in [6, 6.07) is 10.6. The number of benzene rings is 2. The Morgan fingerprint density at radius 1 is 1.27 bits per heavy atom. The second-order valence-electron chi connectivity index (χ2n) is 6.08. The molecular formula is C22H21BrN2O5. The van der Waals surface area contributed by atoms with Crippen LogP contribution in [0.4, 0.5) is 0 Å². The van der Waals surface area contributed by atoms with Gasteiger partial charge in [-0.1, -0.05) is 12.7 Å². The Morgan fingerprint density at radius 3 is 2.83 bits per heavy atom. The maximum Gasteiger partial charge on any atom is 0.307 e. The first-order valence-corrected chi connectivity index (χ1v) is 9.96. The van der Waals surface area contributed by atoms with Crippen molar-refractivity contribution in [3.63, 3.8) is 0 Å². The molecule has 0 aliphatic rings. The van der Waals surface area contributed by atoms with Crippen molar-refractivity contribution in [1.29, 1.82) is 0 Å². The summed E-state index contributed by atoms with van der Waals surface area (Å²) in [6.45, 7) is 6.45. The molecule has 1 aromatic heterocycles. The third-order valence-corrected chi connectivity index (χ3v) is 4.59. The van der Waals surface area contributed by atoms with Crippen molar-refractivity contribution in [2.24, 2.45) is 5.10 Å². The van der Waals surface area contributed by atoms with E-state index in [0.29, 0.717) is 40.3 Å². The molecule has 7 nitrogen and oxygen atoms in total. The molecule has 0 saturated carbocycles. The predicted octanol–water partition coefficient (Wildman–Crippen LogP) is 4.93. The van der Waals surface area contributed by atoms with E-state index in [4.69, 9.17) is 18.6 Å². The summed E-state index contributed by atoms with van der Waals surface area (Å²) in [6.07, 6.45) is 3.14. The first kappa shape index (κ1) is 21.4. The predicted molar refractivity (Wildman–Crippen MR) is 119 cm³/mol. The lowest BCUT2D eigenvalue weighted by Gasteiger charge is -2.12. The summed E-state index contributed by atoms with van der Waals surface area (Å²) in [7, 11) is 1.55. The molecule has 0 aliphatic heterocycles. The quantitative estimate of drug-likeness (QED) is 0.271. The zero-order valence-corrected chi connectivity index (χ0v) is 18.2. The van der Waals surface area contributed by atoms with Crippen LogP contribution >= 0.6 is 15.9 Å². The van der Waals surface area contributed by atoms with Crippen LogP contribution in [-0.4, -0.2) is 32.4 Å². The molecule has 0 fully saturated rings. The van der Waals surface area contributed by atoms with Crippen LogP contribution in [0.25, 0.3) is 11.0 Å². The second-order valence-corrected chi connectivity index (χ2v) is 6.93. The van der Waals surface area contributed by atoms with E-state index in [1.54, 1.807) is 43.5 Å². The highest BCUT2D eigenvalue weighted by molar-refractivity contribution is 9.10. The monoisotopic (exact) mass is 472 g/mol. The van der Waals surface area contributed by atoms with Crippen LogP contribution in [-0.2, 0) is 0 Å². The van der Waals surface area contributed by atoms with Crippen molar-refractivity contribution in [2.45, 2.75) is 6.92 Å². The molecule has 3 rings (SSSR count). The van der Waals surface area contributed by atoms with E-state index in [1.165, 1.54) is 6.21 Å². The fourth-order valence-electron chi connectivity index (χ4n) is 2.71. The molecule has 0 saturated heterocycles. The number of methoxy groups -OCH3 is 1. The molecule has 3 aromatic rings. The van der Waals surface area contributed by atoms with Gasteiger partial charge in [-0.3, -0.25) is 4.79 Å². The van der Waals surface area contributed by atoms with E-state index in [9.17, 15) is 4.79 Å². The fraction of sp³-hybridized carbons (Fsp3) is 0.182. The topological polar surface area (TPSA) is 82.3 Å². The van der Waals surface area contributed by atoms with Crippen LogP contribution in [0.15, 0.2) is 63.0 Å². The van der Waals surface area contributed by atoms with E-state index in [-0.39, 0.29) is 5.76 Å². The molecule has 0 radical (unpaired) electrons. The Hall–Kier alpha value is -3.26. The third-order valence-electron chi connectivity index (χ3n) is 4.00. The number of nitrogens with one attached hydrogen (secondary N) is 1. The molecular weight excluding hydrogens is 452 g/mol. The minimum atomic E-state index is -0.461. The third kappa shape index (κ3) is 5.01. The van der Waals surface area contributed by atoms with Crippen LogP contribution in [0.3, 0.4) is 0 Å². The largest absolute Gasteiger partial charge is 0.494 e. The number of hydrogen-bond donors (Lipinski definition) is 1. The maximum absolute atomic E-state index is 12.4. The lowest BCUT2D eigenvalue weighted by molar-refractivity contribution is 0.0929. The van der Waals surface area contributed by atoms with E-state index in [1.807, 2.05) is 13.0 Å². The van der Waals surface area contributed by atoms with E-state index >= 15 is 0 Å². The number of nitrogens with zero attached hydrogens (tertiary/aromatic N) is 1. The Balaban J connectivity index is 1.71. The molecule has 0 spiro atoms. The van der Waals surface area contributed by atoms with E-state index in [2.05, 4.69) is 33.0 Å². The van der Waals surface area contributed by atoms with Gasteiger partial charge < -0.3 is 18.6 Å². The SMILES string of the molecule is C=CCOc1c(Br)cc(/C=N/NC(=O)c2cc3cc(OCC)ccc3o2)cc1OC. The van der Waals surface area contributed by atoms with Crippen molar-refractivity contribution in [3.8, 4) is 17.2 Å². The summed E-state index contributed by atoms with van der Waals surface area (Å²) < 4.78 is 22.7. The van der Waals surface area contributed by atoms with Gasteiger partial charge in [-0.15, -0.1) is 0 Å². The van der Waals surface area contributed by atoms with Crippen molar-refractivity contribution < 1.29 is 23.4 Å². The first-order chi connectivity index (χ1) is 14.5. The molecule has 0 bridgehead atoms. The van der Waals surface area contributed by atoms with Crippen LogP contribution in [0.2, 0.25) is 0 Å². The highest BCUT2D eigenvalue weighted by atomic mass is 79.9. The van der Waals surface area contributed by atoms with Crippen LogP contribution in [0.1, 0.15) is 23.0 Å². The number of halogens is 1. The second kappa shape index (κ2) is 9.98. The standard InChI is InChI=1S/C22H21BrN2O5/c1-4-8-29-21-17(23)9-14(10-19(21)27-3)13-24-25-22(26)20-12-15-11-16(28-5-2)6-7-18(15)30-20/h4,6-7,9-13H,1,5,8H2,2-3H3,(H,25,26)/b24-13+. The van der Waals surface area contributed by atoms with Gasteiger partial charge in [0.15, 0.2) is 17.3 Å². The molecule has 0 unspecified atom stereocenters.